The van der Waals surface area contributed by atoms with Crippen molar-refractivity contribution in [2.75, 3.05) is 0 Å². The topological polar surface area (TPSA) is 37.3 Å². The minimum atomic E-state index is -0.948. The van der Waals surface area contributed by atoms with Gasteiger partial charge in [-0.2, -0.15) is 0 Å². The minimum absolute atomic E-state index is 0.546. The lowest BCUT2D eigenvalue weighted by molar-refractivity contribution is -0.140. The third kappa shape index (κ3) is 2.26. The lowest BCUT2D eigenvalue weighted by Gasteiger charge is -2.25. The molecule has 0 bridgehead atoms. The fourth-order valence-electron chi connectivity index (χ4n) is 4.13. The van der Waals surface area contributed by atoms with E-state index >= 15 is 0 Å². The van der Waals surface area contributed by atoms with Crippen molar-refractivity contribution >= 4 is 21.9 Å². The van der Waals surface area contributed by atoms with Crippen LogP contribution >= 0.6 is 15.9 Å². The van der Waals surface area contributed by atoms with Gasteiger partial charge in [0.05, 0.1) is 0 Å². The zero-order valence-corrected chi connectivity index (χ0v) is 15.1. The van der Waals surface area contributed by atoms with E-state index in [9.17, 15) is 9.90 Å². The van der Waals surface area contributed by atoms with Crippen LogP contribution in [0.15, 0.2) is 89.4 Å². The van der Waals surface area contributed by atoms with Crippen molar-refractivity contribution in [2.24, 2.45) is 0 Å². The third-order valence-electron chi connectivity index (χ3n) is 5.37. The fourth-order valence-corrected chi connectivity index (χ4v) is 4.39. The highest BCUT2D eigenvalue weighted by molar-refractivity contribution is 9.10. The number of halogens is 1. The number of carbonyl (C=O) groups is 1. The quantitative estimate of drug-likeness (QED) is 0.665. The van der Waals surface area contributed by atoms with E-state index in [4.69, 9.17) is 0 Å². The molecule has 0 aliphatic heterocycles. The van der Waals surface area contributed by atoms with Crippen molar-refractivity contribution in [1.82, 2.24) is 0 Å². The summed E-state index contributed by atoms with van der Waals surface area (Å²) in [4.78, 5) is 12.5. The van der Waals surface area contributed by atoms with Crippen LogP contribution < -0.4 is 0 Å². The van der Waals surface area contributed by atoms with Crippen molar-refractivity contribution < 1.29 is 9.90 Å². The Kier molecular flexibility index (Phi) is 3.77. The van der Waals surface area contributed by atoms with Gasteiger partial charge in [0.2, 0.25) is 0 Å². The van der Waals surface area contributed by atoms with Crippen LogP contribution in [0.1, 0.15) is 23.1 Å². The van der Waals surface area contributed by atoms with Crippen LogP contribution in [0.5, 0.6) is 0 Å². The molecule has 0 radical (unpaired) electrons. The van der Waals surface area contributed by atoms with E-state index in [1.54, 1.807) is 0 Å². The summed E-state index contributed by atoms with van der Waals surface area (Å²) in [5, 5.41) is 10.3. The lowest BCUT2D eigenvalue weighted by Crippen LogP contribution is -2.31. The Balaban J connectivity index is 1.97. The molecule has 3 aromatic carbocycles. The first-order valence-electron chi connectivity index (χ1n) is 8.22. The molecule has 0 spiro atoms. The SMILES string of the molecule is O=C(O)C1(c2ccc(Br)cc2)CC1(c1ccccc1)c1ccccc1. The van der Waals surface area contributed by atoms with Gasteiger partial charge in [-0.25, -0.2) is 0 Å². The molecule has 1 aliphatic carbocycles. The highest BCUT2D eigenvalue weighted by atomic mass is 79.9. The van der Waals surface area contributed by atoms with Gasteiger partial charge in [0.1, 0.15) is 5.41 Å². The number of benzene rings is 3. The van der Waals surface area contributed by atoms with Crippen molar-refractivity contribution in [2.45, 2.75) is 17.3 Å². The standard InChI is InChI=1S/C22H17BrO2/c23-19-13-11-18(12-14-19)22(20(24)25)15-21(22,16-7-3-1-4-8-16)17-9-5-2-6-10-17/h1-14H,15H2,(H,24,25). The van der Waals surface area contributed by atoms with E-state index in [-0.39, 0.29) is 0 Å². The molecular weight excluding hydrogens is 376 g/mol. The van der Waals surface area contributed by atoms with Crippen LogP contribution in [0.2, 0.25) is 0 Å². The Morgan fingerprint density at radius 1 is 0.760 bits per heavy atom. The van der Waals surface area contributed by atoms with Gasteiger partial charge in [-0.3, -0.25) is 4.79 Å². The van der Waals surface area contributed by atoms with Gasteiger partial charge in [0.15, 0.2) is 0 Å². The van der Waals surface area contributed by atoms with Crippen LogP contribution in [0.3, 0.4) is 0 Å². The van der Waals surface area contributed by atoms with Gasteiger partial charge in [0.25, 0.3) is 0 Å². The molecular formula is C22H17BrO2. The molecule has 4 rings (SSSR count). The zero-order chi connectivity index (χ0) is 17.5. The van der Waals surface area contributed by atoms with Crippen LogP contribution in [-0.4, -0.2) is 11.1 Å². The molecule has 0 amide bonds. The molecule has 1 saturated carbocycles. The van der Waals surface area contributed by atoms with E-state index < -0.39 is 16.8 Å². The Labute approximate surface area is 155 Å². The number of rotatable bonds is 4. The van der Waals surface area contributed by atoms with Crippen LogP contribution in [0.4, 0.5) is 0 Å². The number of hydrogen-bond donors (Lipinski definition) is 1. The highest BCUT2D eigenvalue weighted by Gasteiger charge is 2.74. The molecule has 3 aromatic rings. The molecule has 3 heteroatoms. The largest absolute Gasteiger partial charge is 0.481 e. The Hall–Kier alpha value is -2.39. The van der Waals surface area contributed by atoms with E-state index in [0.717, 1.165) is 21.2 Å². The van der Waals surface area contributed by atoms with Gasteiger partial charge in [-0.1, -0.05) is 88.7 Å². The van der Waals surface area contributed by atoms with Crippen molar-refractivity contribution in [1.29, 1.82) is 0 Å². The number of aliphatic carboxylic acids is 1. The molecule has 2 nitrogen and oxygen atoms in total. The van der Waals surface area contributed by atoms with Crippen molar-refractivity contribution in [3.05, 3.63) is 106 Å². The number of hydrogen-bond acceptors (Lipinski definition) is 1. The summed E-state index contributed by atoms with van der Waals surface area (Å²) >= 11 is 3.44. The third-order valence-corrected chi connectivity index (χ3v) is 5.90. The van der Waals surface area contributed by atoms with Gasteiger partial charge in [-0.15, -0.1) is 0 Å². The molecule has 124 valence electrons. The first-order chi connectivity index (χ1) is 12.1. The molecule has 1 unspecified atom stereocenters. The normalized spacial score (nSPS) is 20.8. The predicted molar refractivity (Wildman–Crippen MR) is 102 cm³/mol. The summed E-state index contributed by atoms with van der Waals surface area (Å²) in [5.74, 6) is -0.775. The molecule has 1 aliphatic rings. The second-order valence-electron chi connectivity index (χ2n) is 6.53. The second kappa shape index (κ2) is 5.85. The van der Waals surface area contributed by atoms with Crippen LogP contribution in [0.25, 0.3) is 0 Å². The maximum Gasteiger partial charge on any atom is 0.315 e. The molecule has 0 aromatic heterocycles. The minimum Gasteiger partial charge on any atom is -0.481 e. The molecule has 0 heterocycles. The predicted octanol–water partition coefficient (Wildman–Crippen LogP) is 5.16. The molecule has 0 saturated heterocycles. The van der Waals surface area contributed by atoms with Gasteiger partial charge >= 0.3 is 5.97 Å². The van der Waals surface area contributed by atoms with Gasteiger partial charge in [-0.05, 0) is 35.2 Å². The van der Waals surface area contributed by atoms with Crippen LogP contribution in [-0.2, 0) is 15.6 Å². The smallest absolute Gasteiger partial charge is 0.315 e. The Morgan fingerprint density at radius 2 is 1.24 bits per heavy atom. The summed E-state index contributed by atoms with van der Waals surface area (Å²) < 4.78 is 0.947. The van der Waals surface area contributed by atoms with E-state index in [1.807, 2.05) is 84.9 Å². The molecule has 1 fully saturated rings. The zero-order valence-electron chi connectivity index (χ0n) is 13.5. The van der Waals surface area contributed by atoms with E-state index in [1.165, 1.54) is 0 Å². The van der Waals surface area contributed by atoms with Crippen molar-refractivity contribution in [3.8, 4) is 0 Å². The van der Waals surface area contributed by atoms with Crippen LogP contribution in [0, 0.1) is 0 Å². The second-order valence-corrected chi connectivity index (χ2v) is 7.45. The summed E-state index contributed by atoms with van der Waals surface area (Å²) in [6.07, 6.45) is 0.561. The lowest BCUT2D eigenvalue weighted by atomic mass is 9.77. The fraction of sp³-hybridized carbons (Fsp3) is 0.136. The van der Waals surface area contributed by atoms with Gasteiger partial charge < -0.3 is 5.11 Å². The molecule has 1 atom stereocenters. The summed E-state index contributed by atoms with van der Waals surface area (Å²) in [6, 6.07) is 27.7. The summed E-state index contributed by atoms with van der Waals surface area (Å²) in [7, 11) is 0. The summed E-state index contributed by atoms with van der Waals surface area (Å²) in [6.45, 7) is 0. The first kappa shape index (κ1) is 16.1. The van der Waals surface area contributed by atoms with Gasteiger partial charge in [0, 0.05) is 9.89 Å². The maximum atomic E-state index is 12.5. The molecule has 1 N–H and O–H groups in total. The van der Waals surface area contributed by atoms with E-state index in [0.29, 0.717) is 6.42 Å². The first-order valence-corrected chi connectivity index (χ1v) is 9.01. The van der Waals surface area contributed by atoms with E-state index in [2.05, 4.69) is 15.9 Å². The Bertz CT molecular complexity index is 864. The summed E-state index contributed by atoms with van der Waals surface area (Å²) in [5.41, 5.74) is 1.44. The Morgan fingerprint density at radius 3 is 1.68 bits per heavy atom. The van der Waals surface area contributed by atoms with Crippen molar-refractivity contribution in [3.63, 3.8) is 0 Å². The average molecular weight is 393 g/mol. The monoisotopic (exact) mass is 392 g/mol. The average Bonchev–Trinajstić information content (AvgIpc) is 3.37. The molecule has 25 heavy (non-hydrogen) atoms. The number of carboxylic acids is 1. The highest BCUT2D eigenvalue weighted by Crippen LogP contribution is 2.69. The maximum absolute atomic E-state index is 12.5. The number of carboxylic acid groups (broad SMARTS) is 1.